The molecular formula is C17H21ClN2O. The Morgan fingerprint density at radius 2 is 2.10 bits per heavy atom. The minimum Gasteiger partial charge on any atom is -0.444 e. The zero-order valence-corrected chi connectivity index (χ0v) is 12.9. The lowest BCUT2D eigenvalue weighted by molar-refractivity contribution is 0.312. The average molecular weight is 305 g/mol. The van der Waals surface area contributed by atoms with Crippen LogP contribution in [0.1, 0.15) is 24.8 Å². The highest BCUT2D eigenvalue weighted by atomic mass is 35.5. The summed E-state index contributed by atoms with van der Waals surface area (Å²) in [5.41, 5.74) is 1.96. The van der Waals surface area contributed by atoms with Crippen LogP contribution >= 0.6 is 11.6 Å². The Morgan fingerprint density at radius 1 is 1.24 bits per heavy atom. The van der Waals surface area contributed by atoms with Crippen molar-refractivity contribution >= 4 is 22.6 Å². The van der Waals surface area contributed by atoms with E-state index in [1.807, 2.05) is 18.2 Å². The van der Waals surface area contributed by atoms with Gasteiger partial charge in [-0.2, -0.15) is 0 Å². The van der Waals surface area contributed by atoms with Gasteiger partial charge in [0.1, 0.15) is 5.58 Å². The Balaban J connectivity index is 1.35. The van der Waals surface area contributed by atoms with Crippen LogP contribution in [0, 0.1) is 5.92 Å². The number of hydrogen-bond donors (Lipinski definition) is 1. The number of halogens is 1. The molecule has 0 radical (unpaired) electrons. The molecular weight excluding hydrogens is 284 g/mol. The molecule has 1 saturated carbocycles. The van der Waals surface area contributed by atoms with E-state index in [0.29, 0.717) is 5.22 Å². The molecule has 0 bridgehead atoms. The van der Waals surface area contributed by atoms with E-state index in [4.69, 9.17) is 16.0 Å². The molecule has 2 fully saturated rings. The van der Waals surface area contributed by atoms with Crippen molar-refractivity contribution in [3.8, 4) is 0 Å². The third-order valence-corrected chi connectivity index (χ3v) is 5.07. The second-order valence-corrected chi connectivity index (χ2v) is 6.71. The molecule has 112 valence electrons. The third-order valence-electron chi connectivity index (χ3n) is 4.76. The van der Waals surface area contributed by atoms with Gasteiger partial charge in [0.15, 0.2) is 5.22 Å². The van der Waals surface area contributed by atoms with Gasteiger partial charge in [-0.15, -0.1) is 0 Å². The lowest BCUT2D eigenvalue weighted by Crippen LogP contribution is -2.27. The maximum absolute atomic E-state index is 6.22. The van der Waals surface area contributed by atoms with Crippen molar-refractivity contribution in [2.45, 2.75) is 31.8 Å². The molecule has 4 rings (SSSR count). The summed E-state index contributed by atoms with van der Waals surface area (Å²) in [7, 11) is 0. The van der Waals surface area contributed by atoms with Crippen LogP contribution < -0.4 is 5.32 Å². The van der Waals surface area contributed by atoms with Gasteiger partial charge in [0.05, 0.1) is 0 Å². The first-order valence-electron chi connectivity index (χ1n) is 7.92. The first kappa shape index (κ1) is 13.6. The zero-order chi connectivity index (χ0) is 14.2. The average Bonchev–Trinajstić information content (AvgIpc) is 3.15. The molecule has 21 heavy (non-hydrogen) atoms. The summed E-state index contributed by atoms with van der Waals surface area (Å²) >= 11 is 6.22. The number of rotatable bonds is 5. The SMILES string of the molecule is Clc1oc2ccccc2c1CNCC1CCN(C2CC2)C1. The summed E-state index contributed by atoms with van der Waals surface area (Å²) in [5, 5.41) is 5.22. The first-order chi connectivity index (χ1) is 10.3. The van der Waals surface area contributed by atoms with Crippen LogP contribution in [0.3, 0.4) is 0 Å². The Labute approximate surface area is 130 Å². The molecule has 2 aromatic rings. The molecule has 2 heterocycles. The van der Waals surface area contributed by atoms with Gasteiger partial charge < -0.3 is 14.6 Å². The standard InChI is InChI=1S/C17H21ClN2O/c18-17-15(14-3-1-2-4-16(14)21-17)10-19-9-12-7-8-20(11-12)13-5-6-13/h1-4,12-13,19H,5-11H2. The third kappa shape index (κ3) is 2.83. The largest absolute Gasteiger partial charge is 0.444 e. The smallest absolute Gasteiger partial charge is 0.199 e. The van der Waals surface area contributed by atoms with Gasteiger partial charge in [0, 0.05) is 30.1 Å². The van der Waals surface area contributed by atoms with Crippen LogP contribution in [-0.4, -0.2) is 30.6 Å². The Morgan fingerprint density at radius 3 is 2.95 bits per heavy atom. The van der Waals surface area contributed by atoms with Gasteiger partial charge in [-0.1, -0.05) is 18.2 Å². The molecule has 3 nitrogen and oxygen atoms in total. The van der Waals surface area contributed by atoms with Gasteiger partial charge >= 0.3 is 0 Å². The Kier molecular flexibility index (Phi) is 3.66. The van der Waals surface area contributed by atoms with E-state index in [1.165, 1.54) is 32.4 Å². The van der Waals surface area contributed by atoms with Crippen molar-refractivity contribution in [3.05, 3.63) is 35.0 Å². The van der Waals surface area contributed by atoms with E-state index >= 15 is 0 Å². The summed E-state index contributed by atoms with van der Waals surface area (Å²) < 4.78 is 5.60. The molecule has 1 aliphatic carbocycles. The minimum absolute atomic E-state index is 0.523. The highest BCUT2D eigenvalue weighted by molar-refractivity contribution is 6.30. The summed E-state index contributed by atoms with van der Waals surface area (Å²) in [6, 6.07) is 8.95. The molecule has 1 aliphatic heterocycles. The lowest BCUT2D eigenvalue weighted by atomic mass is 10.1. The first-order valence-corrected chi connectivity index (χ1v) is 8.30. The Hall–Kier alpha value is -1.03. The summed E-state index contributed by atoms with van der Waals surface area (Å²) in [4.78, 5) is 2.66. The van der Waals surface area contributed by atoms with Crippen molar-refractivity contribution in [1.82, 2.24) is 10.2 Å². The fourth-order valence-electron chi connectivity index (χ4n) is 3.44. The number of benzene rings is 1. The van der Waals surface area contributed by atoms with Crippen LogP contribution in [-0.2, 0) is 6.54 Å². The van der Waals surface area contributed by atoms with Gasteiger partial charge in [0.25, 0.3) is 0 Å². The predicted octanol–water partition coefficient (Wildman–Crippen LogP) is 3.66. The van der Waals surface area contributed by atoms with E-state index in [1.54, 1.807) is 0 Å². The topological polar surface area (TPSA) is 28.4 Å². The fraction of sp³-hybridized carbons (Fsp3) is 0.529. The number of hydrogen-bond acceptors (Lipinski definition) is 3. The molecule has 0 amide bonds. The van der Waals surface area contributed by atoms with Crippen LogP contribution in [0.2, 0.25) is 5.22 Å². The second kappa shape index (κ2) is 5.64. The molecule has 1 aromatic carbocycles. The highest BCUT2D eigenvalue weighted by Crippen LogP contribution is 2.32. The molecule has 1 atom stereocenters. The van der Waals surface area contributed by atoms with E-state index in [-0.39, 0.29) is 0 Å². The summed E-state index contributed by atoms with van der Waals surface area (Å²) in [5.74, 6) is 0.780. The Bertz CT molecular complexity index is 635. The number of nitrogens with zero attached hydrogens (tertiary/aromatic N) is 1. The number of nitrogens with one attached hydrogen (secondary N) is 1. The van der Waals surface area contributed by atoms with Gasteiger partial charge in [0.2, 0.25) is 0 Å². The molecule has 1 saturated heterocycles. The fourth-order valence-corrected chi connectivity index (χ4v) is 3.69. The van der Waals surface area contributed by atoms with E-state index in [2.05, 4.69) is 16.3 Å². The van der Waals surface area contributed by atoms with Crippen molar-refractivity contribution < 1.29 is 4.42 Å². The van der Waals surface area contributed by atoms with Gasteiger partial charge in [-0.25, -0.2) is 0 Å². The van der Waals surface area contributed by atoms with Crippen molar-refractivity contribution in [2.24, 2.45) is 5.92 Å². The van der Waals surface area contributed by atoms with E-state index < -0.39 is 0 Å². The molecule has 1 aromatic heterocycles. The summed E-state index contributed by atoms with van der Waals surface area (Å²) in [6.45, 7) is 4.40. The van der Waals surface area contributed by atoms with Crippen LogP contribution in [0.5, 0.6) is 0 Å². The van der Waals surface area contributed by atoms with Crippen LogP contribution in [0.15, 0.2) is 28.7 Å². The molecule has 1 N–H and O–H groups in total. The highest BCUT2D eigenvalue weighted by Gasteiger charge is 2.34. The van der Waals surface area contributed by atoms with Crippen LogP contribution in [0.25, 0.3) is 11.0 Å². The van der Waals surface area contributed by atoms with Gasteiger partial charge in [-0.05, 0) is 55.9 Å². The quantitative estimate of drug-likeness (QED) is 0.914. The molecule has 4 heteroatoms. The molecule has 2 aliphatic rings. The van der Waals surface area contributed by atoms with E-state index in [9.17, 15) is 0 Å². The summed E-state index contributed by atoms with van der Waals surface area (Å²) in [6.07, 6.45) is 4.15. The van der Waals surface area contributed by atoms with E-state index in [0.717, 1.165) is 41.6 Å². The number of furan rings is 1. The van der Waals surface area contributed by atoms with Crippen molar-refractivity contribution in [3.63, 3.8) is 0 Å². The zero-order valence-electron chi connectivity index (χ0n) is 12.1. The minimum atomic E-state index is 0.523. The maximum Gasteiger partial charge on any atom is 0.199 e. The maximum atomic E-state index is 6.22. The lowest BCUT2D eigenvalue weighted by Gasteiger charge is -2.15. The van der Waals surface area contributed by atoms with Gasteiger partial charge in [-0.3, -0.25) is 0 Å². The second-order valence-electron chi connectivity index (χ2n) is 6.36. The van der Waals surface area contributed by atoms with Crippen molar-refractivity contribution in [1.29, 1.82) is 0 Å². The monoisotopic (exact) mass is 304 g/mol. The van der Waals surface area contributed by atoms with Crippen LogP contribution in [0.4, 0.5) is 0 Å². The number of likely N-dealkylation sites (tertiary alicyclic amines) is 1. The number of fused-ring (bicyclic) bond motifs is 1. The molecule has 0 spiro atoms. The number of para-hydroxylation sites is 1. The predicted molar refractivity (Wildman–Crippen MR) is 85.6 cm³/mol. The van der Waals surface area contributed by atoms with Crippen molar-refractivity contribution in [2.75, 3.05) is 19.6 Å². The molecule has 1 unspecified atom stereocenters. The normalized spacial score (nSPS) is 23.2.